The van der Waals surface area contributed by atoms with Crippen LogP contribution in [0.25, 0.3) is 6.08 Å². The second kappa shape index (κ2) is 4.44. The van der Waals surface area contributed by atoms with Crippen molar-refractivity contribution in [2.75, 3.05) is 0 Å². The number of thiol groups is 1. The molecule has 0 atom stereocenters. The monoisotopic (exact) mass is 310 g/mol. The van der Waals surface area contributed by atoms with E-state index in [1.165, 1.54) is 12.1 Å². The molecule has 0 aliphatic carbocycles. The largest absolute Gasteiger partial charge is 0.207 e. The molecule has 0 fully saturated rings. The predicted octanol–water partition coefficient (Wildman–Crippen LogP) is 4.20. The molecule has 0 saturated carbocycles. The first kappa shape index (κ1) is 10.3. The predicted molar refractivity (Wildman–Crippen MR) is 59.5 cm³/mol. The summed E-state index contributed by atoms with van der Waals surface area (Å²) in [5, 5.41) is 0. The molecule has 1 rings (SSSR count). The highest BCUT2D eigenvalue weighted by Gasteiger charge is 1.97. The van der Waals surface area contributed by atoms with Gasteiger partial charge in [0.1, 0.15) is 5.82 Å². The first-order valence-corrected chi connectivity index (χ1v) is 5.14. The molecular weight excluding hydrogens is 307 g/mol. The molecule has 0 amide bonds. The molecular formula is C8H5Br2FS. The Labute approximate surface area is 92.5 Å². The minimum atomic E-state index is -0.264. The van der Waals surface area contributed by atoms with Gasteiger partial charge < -0.3 is 0 Å². The van der Waals surface area contributed by atoms with E-state index in [9.17, 15) is 4.39 Å². The number of hydrogen-bond donors (Lipinski definition) is 1. The highest BCUT2D eigenvalue weighted by molar-refractivity contribution is 9.28. The SMILES string of the molecule is Fc1ccc(S)c(C=C(Br)Br)c1. The average Bonchev–Trinajstić information content (AvgIpc) is 1.96. The summed E-state index contributed by atoms with van der Waals surface area (Å²) in [5.41, 5.74) is 0.738. The van der Waals surface area contributed by atoms with Gasteiger partial charge in [0.15, 0.2) is 0 Å². The van der Waals surface area contributed by atoms with Gasteiger partial charge >= 0.3 is 0 Å². The zero-order valence-corrected chi connectivity index (χ0v) is 9.96. The number of halogens is 3. The minimum absolute atomic E-state index is 0.264. The molecule has 0 unspecified atom stereocenters. The van der Waals surface area contributed by atoms with Crippen molar-refractivity contribution in [2.24, 2.45) is 0 Å². The van der Waals surface area contributed by atoms with Gasteiger partial charge in [-0.25, -0.2) is 4.39 Å². The van der Waals surface area contributed by atoms with E-state index < -0.39 is 0 Å². The van der Waals surface area contributed by atoms with Gasteiger partial charge in [-0.1, -0.05) is 0 Å². The van der Waals surface area contributed by atoms with Crippen LogP contribution < -0.4 is 0 Å². The molecule has 0 heterocycles. The highest BCUT2D eigenvalue weighted by atomic mass is 79.9. The van der Waals surface area contributed by atoms with Crippen LogP contribution in [0.15, 0.2) is 26.5 Å². The molecule has 0 nitrogen and oxygen atoms in total. The summed E-state index contributed by atoms with van der Waals surface area (Å²) in [6, 6.07) is 4.42. The Morgan fingerprint density at radius 3 is 2.67 bits per heavy atom. The van der Waals surface area contributed by atoms with Crippen molar-refractivity contribution in [1.82, 2.24) is 0 Å². The lowest BCUT2D eigenvalue weighted by molar-refractivity contribution is 0.626. The van der Waals surface area contributed by atoms with Gasteiger partial charge in [0, 0.05) is 4.90 Å². The molecule has 0 N–H and O–H groups in total. The van der Waals surface area contributed by atoms with E-state index in [0.717, 1.165) is 13.9 Å². The van der Waals surface area contributed by atoms with Gasteiger partial charge in [-0.05, 0) is 61.7 Å². The molecule has 0 aliphatic rings. The van der Waals surface area contributed by atoms with Crippen LogP contribution in [-0.2, 0) is 0 Å². The summed E-state index contributed by atoms with van der Waals surface area (Å²) in [6.07, 6.45) is 1.74. The summed E-state index contributed by atoms with van der Waals surface area (Å²) in [6.45, 7) is 0. The summed E-state index contributed by atoms with van der Waals surface area (Å²) < 4.78 is 13.5. The van der Waals surface area contributed by atoms with Crippen molar-refractivity contribution in [1.29, 1.82) is 0 Å². The van der Waals surface area contributed by atoms with Crippen LogP contribution in [0.1, 0.15) is 5.56 Å². The third-order valence-electron chi connectivity index (χ3n) is 1.25. The van der Waals surface area contributed by atoms with Crippen LogP contribution in [0, 0.1) is 5.82 Å². The quantitative estimate of drug-likeness (QED) is 0.738. The Morgan fingerprint density at radius 1 is 1.42 bits per heavy atom. The molecule has 64 valence electrons. The minimum Gasteiger partial charge on any atom is -0.207 e. The fourth-order valence-corrected chi connectivity index (χ4v) is 1.46. The van der Waals surface area contributed by atoms with E-state index in [1.807, 2.05) is 0 Å². The van der Waals surface area contributed by atoms with E-state index in [2.05, 4.69) is 44.5 Å². The van der Waals surface area contributed by atoms with Crippen LogP contribution in [0.2, 0.25) is 0 Å². The molecule has 0 aliphatic heterocycles. The zero-order valence-electron chi connectivity index (χ0n) is 5.89. The lowest BCUT2D eigenvalue weighted by atomic mass is 10.2. The van der Waals surface area contributed by atoms with Gasteiger partial charge in [0.05, 0.1) is 3.39 Å². The summed E-state index contributed by atoms with van der Waals surface area (Å²) in [4.78, 5) is 0.743. The van der Waals surface area contributed by atoms with Crippen LogP contribution in [-0.4, -0.2) is 0 Å². The van der Waals surface area contributed by atoms with Crippen LogP contribution >= 0.6 is 44.5 Å². The summed E-state index contributed by atoms with van der Waals surface area (Å²) in [7, 11) is 0. The lowest BCUT2D eigenvalue weighted by Crippen LogP contribution is -1.79. The maximum atomic E-state index is 12.7. The smallest absolute Gasteiger partial charge is 0.123 e. The molecule has 0 bridgehead atoms. The number of benzene rings is 1. The number of hydrogen-bond acceptors (Lipinski definition) is 1. The van der Waals surface area contributed by atoms with Gasteiger partial charge in [-0.15, -0.1) is 12.6 Å². The van der Waals surface area contributed by atoms with Gasteiger partial charge in [0.25, 0.3) is 0 Å². The van der Waals surface area contributed by atoms with E-state index in [0.29, 0.717) is 0 Å². The lowest BCUT2D eigenvalue weighted by Gasteiger charge is -1.98. The maximum absolute atomic E-state index is 12.7. The summed E-state index contributed by atoms with van der Waals surface area (Å²) >= 11 is 10.5. The van der Waals surface area contributed by atoms with Crippen molar-refractivity contribution >= 4 is 50.6 Å². The van der Waals surface area contributed by atoms with Crippen LogP contribution in [0.5, 0.6) is 0 Å². The molecule has 1 aromatic carbocycles. The third-order valence-corrected chi connectivity index (χ3v) is 2.12. The van der Waals surface area contributed by atoms with Gasteiger partial charge in [-0.2, -0.15) is 0 Å². The second-order valence-electron chi connectivity index (χ2n) is 2.14. The molecule has 4 heteroatoms. The first-order chi connectivity index (χ1) is 5.59. The normalized spacial score (nSPS) is 9.67. The average molecular weight is 312 g/mol. The third kappa shape index (κ3) is 2.92. The van der Waals surface area contributed by atoms with Crippen LogP contribution in [0.4, 0.5) is 4.39 Å². The van der Waals surface area contributed by atoms with Gasteiger partial charge in [0.2, 0.25) is 0 Å². The van der Waals surface area contributed by atoms with E-state index in [1.54, 1.807) is 12.1 Å². The Bertz CT molecular complexity index is 319. The molecule has 0 saturated heterocycles. The van der Waals surface area contributed by atoms with Crippen molar-refractivity contribution in [2.45, 2.75) is 4.90 Å². The topological polar surface area (TPSA) is 0 Å². The molecule has 1 aromatic rings. The standard InChI is InChI=1S/C8H5Br2FS/c9-8(10)4-5-3-6(11)1-2-7(5)12/h1-4,12H. The fraction of sp³-hybridized carbons (Fsp3) is 0. The second-order valence-corrected chi connectivity index (χ2v) is 5.39. The van der Waals surface area contributed by atoms with Crippen molar-refractivity contribution in [3.05, 3.63) is 33.0 Å². The van der Waals surface area contributed by atoms with Crippen molar-refractivity contribution in [3.8, 4) is 0 Å². The van der Waals surface area contributed by atoms with E-state index in [4.69, 9.17) is 0 Å². The highest BCUT2D eigenvalue weighted by Crippen LogP contribution is 2.23. The number of rotatable bonds is 1. The molecule has 0 spiro atoms. The van der Waals surface area contributed by atoms with E-state index >= 15 is 0 Å². The maximum Gasteiger partial charge on any atom is 0.123 e. The van der Waals surface area contributed by atoms with Crippen molar-refractivity contribution in [3.63, 3.8) is 0 Å². The van der Waals surface area contributed by atoms with E-state index in [-0.39, 0.29) is 5.82 Å². The Balaban J connectivity index is 3.14. The fourth-order valence-electron chi connectivity index (χ4n) is 0.759. The Kier molecular flexibility index (Phi) is 3.80. The Morgan fingerprint density at radius 2 is 2.08 bits per heavy atom. The molecule has 0 aromatic heterocycles. The van der Waals surface area contributed by atoms with Crippen molar-refractivity contribution < 1.29 is 4.39 Å². The zero-order chi connectivity index (χ0) is 9.14. The van der Waals surface area contributed by atoms with Crippen LogP contribution in [0.3, 0.4) is 0 Å². The first-order valence-electron chi connectivity index (χ1n) is 3.11. The molecule has 0 radical (unpaired) electrons. The van der Waals surface area contributed by atoms with Gasteiger partial charge in [-0.3, -0.25) is 0 Å². The summed E-state index contributed by atoms with van der Waals surface area (Å²) in [5.74, 6) is -0.264. The Hall–Kier alpha value is 0.200. The molecule has 12 heavy (non-hydrogen) atoms.